The molecule has 0 N–H and O–H groups in total. The fourth-order valence-electron chi connectivity index (χ4n) is 3.50. The lowest BCUT2D eigenvalue weighted by Crippen LogP contribution is -2.57. The van der Waals surface area contributed by atoms with Crippen LogP contribution in [0, 0.1) is 13.8 Å². The molecule has 0 atom stereocenters. The lowest BCUT2D eigenvalue weighted by molar-refractivity contribution is -0.121. The van der Waals surface area contributed by atoms with E-state index in [1.807, 2.05) is 56.3 Å². The van der Waals surface area contributed by atoms with E-state index in [1.165, 1.54) is 6.08 Å². The first-order chi connectivity index (χ1) is 14.5. The molecule has 0 aromatic heterocycles. The van der Waals surface area contributed by atoms with E-state index in [1.54, 1.807) is 36.4 Å². The average Bonchev–Trinajstić information content (AvgIpc) is 2.75. The molecule has 0 aliphatic carbocycles. The van der Waals surface area contributed by atoms with E-state index in [0.29, 0.717) is 16.9 Å². The number of carbonyl (C=O) groups excluding carboxylic acids is 3. The van der Waals surface area contributed by atoms with Gasteiger partial charge in [-0.15, -0.1) is 0 Å². The molecule has 0 bridgehead atoms. The third-order valence-electron chi connectivity index (χ3n) is 5.07. The molecule has 5 heteroatoms. The minimum absolute atomic E-state index is 0.0627. The summed E-state index contributed by atoms with van der Waals surface area (Å²) in [6.45, 7) is 3.65. The van der Waals surface area contributed by atoms with E-state index in [2.05, 4.69) is 0 Å². The summed E-state index contributed by atoms with van der Waals surface area (Å²) in [5, 5.41) is 0. The van der Waals surface area contributed by atoms with Crippen LogP contribution in [0.1, 0.15) is 16.7 Å². The Balaban J connectivity index is 1.92. The molecule has 3 aromatic rings. The fourth-order valence-corrected chi connectivity index (χ4v) is 3.50. The molecule has 5 nitrogen and oxygen atoms in total. The van der Waals surface area contributed by atoms with Crippen molar-refractivity contribution >= 4 is 35.3 Å². The van der Waals surface area contributed by atoms with Crippen LogP contribution in [-0.2, 0) is 9.59 Å². The first-order valence-corrected chi connectivity index (χ1v) is 9.60. The summed E-state index contributed by atoms with van der Waals surface area (Å²) >= 11 is 0. The van der Waals surface area contributed by atoms with Gasteiger partial charge in [-0.3, -0.25) is 9.59 Å². The van der Waals surface area contributed by atoms with Crippen LogP contribution in [0.25, 0.3) is 6.08 Å². The number of rotatable bonds is 3. The maximum absolute atomic E-state index is 13.4. The molecule has 1 heterocycles. The van der Waals surface area contributed by atoms with Gasteiger partial charge < -0.3 is 0 Å². The molecule has 1 saturated heterocycles. The van der Waals surface area contributed by atoms with Crippen LogP contribution in [0.15, 0.2) is 84.4 Å². The third-order valence-corrected chi connectivity index (χ3v) is 5.07. The lowest BCUT2D eigenvalue weighted by Gasteiger charge is -2.35. The number of aryl methyl sites for hydroxylation is 2. The third kappa shape index (κ3) is 3.31. The smallest absolute Gasteiger partial charge is 0.268 e. The lowest BCUT2D eigenvalue weighted by atomic mass is 10.0. The predicted octanol–water partition coefficient (Wildman–Crippen LogP) is 4.89. The zero-order chi connectivity index (χ0) is 21.3. The number of amides is 4. The van der Waals surface area contributed by atoms with Crippen molar-refractivity contribution in [3.05, 3.63) is 101 Å². The number of para-hydroxylation sites is 2. The molecular weight excluding hydrogens is 376 g/mol. The van der Waals surface area contributed by atoms with E-state index in [4.69, 9.17) is 0 Å². The molecule has 1 aliphatic heterocycles. The quantitative estimate of drug-likeness (QED) is 0.468. The van der Waals surface area contributed by atoms with Crippen molar-refractivity contribution in [3.63, 3.8) is 0 Å². The number of imide groups is 2. The number of hydrogen-bond acceptors (Lipinski definition) is 3. The van der Waals surface area contributed by atoms with Crippen molar-refractivity contribution in [1.29, 1.82) is 0 Å². The normalized spacial score (nSPS) is 14.3. The minimum atomic E-state index is -0.682. The Morgan fingerprint density at radius 1 is 0.600 bits per heavy atom. The van der Waals surface area contributed by atoms with Gasteiger partial charge in [0.2, 0.25) is 0 Å². The van der Waals surface area contributed by atoms with Crippen LogP contribution in [0.3, 0.4) is 0 Å². The highest BCUT2D eigenvalue weighted by atomic mass is 16.2. The van der Waals surface area contributed by atoms with Gasteiger partial charge in [-0.05, 0) is 48.7 Å². The van der Waals surface area contributed by atoms with Crippen LogP contribution in [0.2, 0.25) is 0 Å². The number of hydrogen-bond donors (Lipinski definition) is 0. The van der Waals surface area contributed by atoms with Gasteiger partial charge in [0.05, 0.1) is 11.4 Å². The Kier molecular flexibility index (Phi) is 5.02. The molecule has 0 radical (unpaired) electrons. The largest absolute Gasteiger partial charge is 0.343 e. The zero-order valence-electron chi connectivity index (χ0n) is 16.7. The molecule has 148 valence electrons. The number of carbonyl (C=O) groups is 3. The highest BCUT2D eigenvalue weighted by Gasteiger charge is 2.44. The van der Waals surface area contributed by atoms with E-state index in [-0.39, 0.29) is 5.57 Å². The topological polar surface area (TPSA) is 57.7 Å². The van der Waals surface area contributed by atoms with Crippen molar-refractivity contribution in [2.75, 3.05) is 9.80 Å². The summed E-state index contributed by atoms with van der Waals surface area (Å²) in [7, 11) is 0. The van der Waals surface area contributed by atoms with Crippen LogP contribution in [0.4, 0.5) is 16.2 Å². The van der Waals surface area contributed by atoms with Gasteiger partial charge in [-0.1, -0.05) is 66.7 Å². The summed E-state index contributed by atoms with van der Waals surface area (Å²) in [4.78, 5) is 42.3. The predicted molar refractivity (Wildman–Crippen MR) is 117 cm³/mol. The first kappa shape index (κ1) is 19.3. The zero-order valence-corrected chi connectivity index (χ0v) is 16.7. The average molecular weight is 396 g/mol. The fraction of sp³-hybridized carbons (Fsp3) is 0.0800. The number of benzene rings is 3. The van der Waals surface area contributed by atoms with Gasteiger partial charge in [0.1, 0.15) is 5.57 Å². The van der Waals surface area contributed by atoms with Gasteiger partial charge in [-0.25, -0.2) is 14.6 Å². The van der Waals surface area contributed by atoms with Crippen LogP contribution in [0.5, 0.6) is 0 Å². The SMILES string of the molecule is Cc1ccccc1N1C(=O)C(=Cc2ccccc2)C(=O)N(c2ccccc2C)C1=O. The van der Waals surface area contributed by atoms with Gasteiger partial charge in [0.25, 0.3) is 11.8 Å². The van der Waals surface area contributed by atoms with E-state index in [9.17, 15) is 14.4 Å². The van der Waals surface area contributed by atoms with Crippen molar-refractivity contribution in [1.82, 2.24) is 0 Å². The maximum atomic E-state index is 13.4. The van der Waals surface area contributed by atoms with Crippen molar-refractivity contribution < 1.29 is 14.4 Å². The number of anilines is 2. The Labute approximate surface area is 174 Å². The van der Waals surface area contributed by atoms with Crippen LogP contribution >= 0.6 is 0 Å². The molecule has 4 rings (SSSR count). The second-order valence-corrected chi connectivity index (χ2v) is 7.11. The van der Waals surface area contributed by atoms with Crippen molar-refractivity contribution in [3.8, 4) is 0 Å². The number of urea groups is 1. The highest BCUT2D eigenvalue weighted by Crippen LogP contribution is 2.32. The standard InChI is InChI=1S/C25H20N2O3/c1-17-10-6-8-14-21(17)26-23(28)20(16-19-12-4-3-5-13-19)24(29)27(25(26)30)22-15-9-7-11-18(22)2/h3-16H,1-2H3. The van der Waals surface area contributed by atoms with E-state index >= 15 is 0 Å². The number of nitrogens with zero attached hydrogens (tertiary/aromatic N) is 2. The molecule has 0 unspecified atom stereocenters. The monoisotopic (exact) mass is 396 g/mol. The molecule has 0 saturated carbocycles. The van der Waals surface area contributed by atoms with Crippen LogP contribution < -0.4 is 9.80 Å². The Morgan fingerprint density at radius 2 is 1.03 bits per heavy atom. The van der Waals surface area contributed by atoms with Gasteiger partial charge >= 0.3 is 6.03 Å². The first-order valence-electron chi connectivity index (χ1n) is 9.60. The highest BCUT2D eigenvalue weighted by molar-refractivity contribution is 6.46. The Hall–Kier alpha value is -3.99. The molecular formula is C25H20N2O3. The van der Waals surface area contributed by atoms with Gasteiger partial charge in [0, 0.05) is 0 Å². The summed E-state index contributed by atoms with van der Waals surface area (Å²) in [6, 6.07) is 22.7. The summed E-state index contributed by atoms with van der Waals surface area (Å²) < 4.78 is 0. The molecule has 4 amide bonds. The maximum Gasteiger partial charge on any atom is 0.343 e. The molecule has 1 fully saturated rings. The summed E-state index contributed by atoms with van der Waals surface area (Å²) in [6.07, 6.45) is 1.54. The molecule has 30 heavy (non-hydrogen) atoms. The summed E-state index contributed by atoms with van der Waals surface area (Å²) in [5.74, 6) is -1.26. The van der Waals surface area contributed by atoms with Gasteiger partial charge in [-0.2, -0.15) is 0 Å². The minimum Gasteiger partial charge on any atom is -0.268 e. The second kappa shape index (κ2) is 7.79. The molecule has 3 aromatic carbocycles. The molecule has 1 aliphatic rings. The van der Waals surface area contributed by atoms with E-state index < -0.39 is 17.8 Å². The van der Waals surface area contributed by atoms with Crippen molar-refractivity contribution in [2.24, 2.45) is 0 Å². The Morgan fingerprint density at radius 3 is 1.50 bits per heavy atom. The van der Waals surface area contributed by atoms with Crippen molar-refractivity contribution in [2.45, 2.75) is 13.8 Å². The number of barbiturate groups is 1. The Bertz CT molecular complexity index is 1110. The van der Waals surface area contributed by atoms with Crippen LogP contribution in [-0.4, -0.2) is 17.8 Å². The summed E-state index contributed by atoms with van der Waals surface area (Å²) in [5.41, 5.74) is 3.08. The van der Waals surface area contributed by atoms with E-state index in [0.717, 1.165) is 20.9 Å². The van der Waals surface area contributed by atoms with Gasteiger partial charge in [0.15, 0.2) is 0 Å². The molecule has 0 spiro atoms. The second-order valence-electron chi connectivity index (χ2n) is 7.11.